The van der Waals surface area contributed by atoms with E-state index in [1.807, 2.05) is 0 Å². The Labute approximate surface area is 98.6 Å². The predicted octanol–water partition coefficient (Wildman–Crippen LogP) is 0.550. The van der Waals surface area contributed by atoms with Crippen molar-refractivity contribution in [3.63, 3.8) is 0 Å². The van der Waals surface area contributed by atoms with Crippen molar-refractivity contribution in [2.24, 2.45) is 0 Å². The van der Waals surface area contributed by atoms with E-state index in [1.165, 1.54) is 58.5 Å². The quantitative estimate of drug-likeness (QED) is 0.749. The maximum Gasteiger partial charge on any atom is 0.0345 e. The molecule has 1 saturated carbocycles. The summed E-state index contributed by atoms with van der Waals surface area (Å²) in [4.78, 5) is 5.41. The van der Waals surface area contributed by atoms with Gasteiger partial charge in [-0.05, 0) is 32.4 Å². The van der Waals surface area contributed by atoms with Crippen LogP contribution in [0, 0.1) is 0 Å². The van der Waals surface area contributed by atoms with Crippen LogP contribution in [0.25, 0.3) is 0 Å². The summed E-state index contributed by atoms with van der Waals surface area (Å²) in [7, 11) is 0. The smallest absolute Gasteiger partial charge is 0.0345 e. The molecule has 0 aromatic carbocycles. The normalized spacial score (nSPS) is 30.4. The van der Waals surface area contributed by atoms with Crippen molar-refractivity contribution in [2.75, 3.05) is 39.3 Å². The number of rotatable bonds is 2. The van der Waals surface area contributed by atoms with Gasteiger partial charge in [0.25, 0.3) is 0 Å². The summed E-state index contributed by atoms with van der Waals surface area (Å²) in [6.45, 7) is 7.76. The fraction of sp³-hybridized carbons (Fsp3) is 1.00. The first-order chi connectivity index (χ1) is 6.93. The van der Waals surface area contributed by atoms with Crippen LogP contribution in [-0.2, 0) is 0 Å². The van der Waals surface area contributed by atoms with E-state index in [1.54, 1.807) is 0 Å². The van der Waals surface area contributed by atoms with Gasteiger partial charge < -0.3 is 5.32 Å². The predicted molar refractivity (Wildman–Crippen MR) is 64.7 cm³/mol. The molecule has 88 valence electrons. The molecule has 0 radical (unpaired) electrons. The Morgan fingerprint density at radius 2 is 1.40 bits per heavy atom. The molecule has 0 amide bonds. The van der Waals surface area contributed by atoms with Crippen LogP contribution in [0.2, 0.25) is 0 Å². The summed E-state index contributed by atoms with van der Waals surface area (Å²) in [6, 6.07) is 1.82. The molecule has 3 aliphatic rings. The van der Waals surface area contributed by atoms with Crippen LogP contribution >= 0.6 is 12.4 Å². The highest BCUT2D eigenvalue weighted by molar-refractivity contribution is 5.85. The van der Waals surface area contributed by atoms with Gasteiger partial charge in [0.2, 0.25) is 0 Å². The number of hydrogen-bond acceptors (Lipinski definition) is 3. The van der Waals surface area contributed by atoms with E-state index in [2.05, 4.69) is 15.1 Å². The Bertz CT molecular complexity index is 204. The van der Waals surface area contributed by atoms with Gasteiger partial charge in [-0.3, -0.25) is 9.80 Å². The average molecular weight is 232 g/mol. The molecule has 0 unspecified atom stereocenters. The zero-order chi connectivity index (χ0) is 9.38. The summed E-state index contributed by atoms with van der Waals surface area (Å²) in [5, 5.41) is 3.37. The van der Waals surface area contributed by atoms with Gasteiger partial charge in [0.15, 0.2) is 0 Å². The fourth-order valence-electron chi connectivity index (χ4n) is 2.66. The van der Waals surface area contributed by atoms with Crippen molar-refractivity contribution in [1.29, 1.82) is 0 Å². The van der Waals surface area contributed by atoms with Crippen LogP contribution < -0.4 is 5.32 Å². The highest BCUT2D eigenvalue weighted by Gasteiger charge is 2.32. The van der Waals surface area contributed by atoms with E-state index in [-0.39, 0.29) is 12.4 Å². The average Bonchev–Trinajstić information content (AvgIpc) is 2.85. The monoisotopic (exact) mass is 231 g/mol. The first-order valence-electron chi connectivity index (χ1n) is 6.12. The topological polar surface area (TPSA) is 18.5 Å². The van der Waals surface area contributed by atoms with Gasteiger partial charge in [-0.15, -0.1) is 12.4 Å². The molecule has 1 aliphatic carbocycles. The number of nitrogens with one attached hydrogen (secondary N) is 1. The summed E-state index contributed by atoms with van der Waals surface area (Å²) < 4.78 is 0. The third kappa shape index (κ3) is 2.64. The lowest BCUT2D eigenvalue weighted by Crippen LogP contribution is -2.57. The van der Waals surface area contributed by atoms with Crippen molar-refractivity contribution in [3.8, 4) is 0 Å². The van der Waals surface area contributed by atoms with E-state index in [0.29, 0.717) is 0 Å². The third-order valence-electron chi connectivity index (χ3n) is 3.90. The van der Waals surface area contributed by atoms with Crippen LogP contribution in [0.4, 0.5) is 0 Å². The Hall–Kier alpha value is 0.170. The van der Waals surface area contributed by atoms with E-state index >= 15 is 0 Å². The van der Waals surface area contributed by atoms with E-state index in [0.717, 1.165) is 12.1 Å². The molecule has 15 heavy (non-hydrogen) atoms. The molecule has 3 fully saturated rings. The van der Waals surface area contributed by atoms with E-state index in [9.17, 15) is 0 Å². The first-order valence-corrected chi connectivity index (χ1v) is 6.12. The Morgan fingerprint density at radius 3 is 1.87 bits per heavy atom. The van der Waals surface area contributed by atoms with Gasteiger partial charge >= 0.3 is 0 Å². The van der Waals surface area contributed by atoms with Crippen LogP contribution in [0.15, 0.2) is 0 Å². The molecule has 0 aromatic rings. The van der Waals surface area contributed by atoms with Crippen LogP contribution in [0.1, 0.15) is 19.3 Å². The van der Waals surface area contributed by atoms with E-state index in [4.69, 9.17) is 0 Å². The highest BCUT2D eigenvalue weighted by atomic mass is 35.5. The minimum absolute atomic E-state index is 0. The lowest BCUT2D eigenvalue weighted by atomic mass is 10.1. The van der Waals surface area contributed by atoms with Crippen molar-refractivity contribution >= 4 is 12.4 Å². The molecule has 3 rings (SSSR count). The molecule has 2 heterocycles. The van der Waals surface area contributed by atoms with Crippen molar-refractivity contribution < 1.29 is 0 Å². The first kappa shape index (κ1) is 11.6. The molecule has 0 atom stereocenters. The molecule has 0 bridgehead atoms. The second-order valence-electron chi connectivity index (χ2n) is 4.97. The lowest BCUT2D eigenvalue weighted by Gasteiger charge is -2.37. The standard InChI is InChI=1S/C11H21N3.ClH/c1-4-13(10-2-3-10)6-7-14(5-1)11-8-12-9-11;/h10-12H,1-9H2;1H. The summed E-state index contributed by atoms with van der Waals surface area (Å²) >= 11 is 0. The van der Waals surface area contributed by atoms with Gasteiger partial charge in [-0.1, -0.05) is 0 Å². The fourth-order valence-corrected chi connectivity index (χ4v) is 2.66. The maximum absolute atomic E-state index is 3.37. The zero-order valence-corrected chi connectivity index (χ0v) is 10.1. The van der Waals surface area contributed by atoms with Crippen LogP contribution in [0.3, 0.4) is 0 Å². The summed E-state index contributed by atoms with van der Waals surface area (Å²) in [6.07, 6.45) is 4.31. The lowest BCUT2D eigenvalue weighted by molar-refractivity contribution is 0.148. The second-order valence-corrected chi connectivity index (χ2v) is 4.97. The summed E-state index contributed by atoms with van der Waals surface area (Å²) in [5.41, 5.74) is 0. The Kier molecular flexibility index (Phi) is 3.88. The molecule has 0 aromatic heterocycles. The second kappa shape index (κ2) is 5.00. The van der Waals surface area contributed by atoms with Crippen LogP contribution in [0.5, 0.6) is 0 Å². The maximum atomic E-state index is 3.37. The number of hydrogen-bond donors (Lipinski definition) is 1. The van der Waals surface area contributed by atoms with Crippen LogP contribution in [-0.4, -0.2) is 61.2 Å². The van der Waals surface area contributed by atoms with Crippen molar-refractivity contribution in [1.82, 2.24) is 15.1 Å². The minimum Gasteiger partial charge on any atom is -0.314 e. The largest absolute Gasteiger partial charge is 0.314 e. The van der Waals surface area contributed by atoms with Gasteiger partial charge in [0.05, 0.1) is 0 Å². The van der Waals surface area contributed by atoms with Crippen molar-refractivity contribution in [3.05, 3.63) is 0 Å². The molecular formula is C11H22ClN3. The summed E-state index contributed by atoms with van der Waals surface area (Å²) in [5.74, 6) is 0. The van der Waals surface area contributed by atoms with Gasteiger partial charge in [-0.25, -0.2) is 0 Å². The molecule has 0 spiro atoms. The minimum atomic E-state index is 0. The number of nitrogens with zero attached hydrogens (tertiary/aromatic N) is 2. The number of halogens is 1. The molecule has 4 heteroatoms. The highest BCUT2D eigenvalue weighted by Crippen LogP contribution is 2.27. The molecule has 2 aliphatic heterocycles. The Morgan fingerprint density at radius 1 is 0.800 bits per heavy atom. The third-order valence-corrected chi connectivity index (χ3v) is 3.90. The molecule has 3 nitrogen and oxygen atoms in total. The van der Waals surface area contributed by atoms with E-state index < -0.39 is 0 Å². The zero-order valence-electron chi connectivity index (χ0n) is 9.32. The van der Waals surface area contributed by atoms with Gasteiger partial charge in [0, 0.05) is 38.3 Å². The van der Waals surface area contributed by atoms with Gasteiger partial charge in [0.1, 0.15) is 0 Å². The SMILES string of the molecule is C1CN(C2CC2)CCN(C2CNC2)C1.Cl. The van der Waals surface area contributed by atoms with Crippen molar-refractivity contribution in [2.45, 2.75) is 31.3 Å². The molecule has 1 N–H and O–H groups in total. The molecular weight excluding hydrogens is 210 g/mol. The van der Waals surface area contributed by atoms with Gasteiger partial charge in [-0.2, -0.15) is 0 Å². The Balaban J connectivity index is 0.000000853. The molecule has 2 saturated heterocycles.